The van der Waals surface area contributed by atoms with Gasteiger partial charge in [0.1, 0.15) is 0 Å². The summed E-state index contributed by atoms with van der Waals surface area (Å²) in [6, 6.07) is 46.0. The van der Waals surface area contributed by atoms with Crippen LogP contribution in [0.1, 0.15) is 70.6 Å². The van der Waals surface area contributed by atoms with Crippen molar-refractivity contribution in [1.29, 1.82) is 0 Å². The van der Waals surface area contributed by atoms with E-state index < -0.39 is 15.8 Å². The van der Waals surface area contributed by atoms with E-state index in [4.69, 9.17) is 0 Å². The Hall–Kier alpha value is -1.64. The van der Waals surface area contributed by atoms with E-state index in [2.05, 4.69) is 121 Å². The molecular formula is C36H44P2Rh+3. The molecule has 6 rings (SSSR count). The Balaban J connectivity index is 0.00000140. The minimum absolute atomic E-state index is 0. The van der Waals surface area contributed by atoms with Crippen LogP contribution in [0.3, 0.4) is 0 Å². The van der Waals surface area contributed by atoms with Crippen LogP contribution in [0.5, 0.6) is 0 Å². The molecule has 0 radical (unpaired) electrons. The number of rotatable bonds is 7. The zero-order valence-corrected chi connectivity index (χ0v) is 27.1. The van der Waals surface area contributed by atoms with Crippen molar-refractivity contribution in [2.24, 2.45) is 0 Å². The quantitative estimate of drug-likeness (QED) is 0.107. The van der Waals surface area contributed by atoms with Gasteiger partial charge in [0, 0.05) is 15.8 Å². The van der Waals surface area contributed by atoms with E-state index >= 15 is 0 Å². The topological polar surface area (TPSA) is 0 Å². The summed E-state index contributed by atoms with van der Waals surface area (Å²) in [5.41, 5.74) is 9.57. The van der Waals surface area contributed by atoms with E-state index in [0.717, 1.165) is 22.6 Å². The van der Waals surface area contributed by atoms with E-state index in [9.17, 15) is 0 Å². The number of benzene rings is 4. The minimum Gasteiger partial charge on any atom is -0.358 e. The summed E-state index contributed by atoms with van der Waals surface area (Å²) in [6.45, 7) is 0. The molecule has 0 amide bonds. The summed E-state index contributed by atoms with van der Waals surface area (Å²) < 4.78 is 0. The molecule has 4 atom stereocenters. The smallest absolute Gasteiger partial charge is 0.358 e. The van der Waals surface area contributed by atoms with Gasteiger partial charge in [-0.3, -0.25) is 0 Å². The molecule has 0 unspecified atom stereocenters. The fraction of sp³-hybridized carbons (Fsp3) is 0.278. The Bertz CT molecular complexity index is 1020. The Labute approximate surface area is 253 Å². The van der Waals surface area contributed by atoms with Crippen molar-refractivity contribution in [3.05, 3.63) is 158 Å². The first-order valence-corrected chi connectivity index (χ1v) is 17.5. The van der Waals surface area contributed by atoms with Crippen molar-refractivity contribution >= 4 is 15.8 Å². The fourth-order valence-electron chi connectivity index (χ4n) is 7.14. The number of hydrogen-bond donors (Lipinski definition) is 0. The molecule has 0 N–H and O–H groups in total. The predicted octanol–water partition coefficient (Wildman–Crippen LogP) is 10.9. The monoisotopic (exact) mass is 641 g/mol. The third-order valence-electron chi connectivity index (χ3n) is 8.79. The molecule has 0 nitrogen and oxygen atoms in total. The van der Waals surface area contributed by atoms with Gasteiger partial charge in [0.05, 0.1) is 35.0 Å². The van der Waals surface area contributed by atoms with Gasteiger partial charge in [-0.05, 0) is 47.9 Å². The third-order valence-corrected chi connectivity index (χ3v) is 17.0. The molecule has 39 heavy (non-hydrogen) atoms. The number of hydrogen-bond acceptors (Lipinski definition) is 0. The predicted molar refractivity (Wildman–Crippen MR) is 174 cm³/mol. The van der Waals surface area contributed by atoms with Crippen molar-refractivity contribution in [3.63, 3.8) is 0 Å². The molecule has 2 saturated heterocycles. The van der Waals surface area contributed by atoms with Crippen LogP contribution in [0, 0.1) is 14.9 Å². The minimum atomic E-state index is -0.564. The summed E-state index contributed by atoms with van der Waals surface area (Å²) in [7, 11) is -1.13. The summed E-state index contributed by atoms with van der Waals surface area (Å²) in [6.07, 6.45) is 8.39. The zero-order valence-electron chi connectivity index (χ0n) is 23.4. The third kappa shape index (κ3) is 7.17. The second-order valence-corrected chi connectivity index (χ2v) is 16.7. The Kier molecular flexibility index (Phi) is 12.6. The molecule has 0 aromatic heterocycles. The van der Waals surface area contributed by atoms with Gasteiger partial charge >= 0.3 is 19.5 Å². The van der Waals surface area contributed by atoms with Crippen LogP contribution in [-0.2, 0) is 19.5 Å². The molecule has 0 aliphatic carbocycles. The molecule has 2 fully saturated rings. The van der Waals surface area contributed by atoms with Gasteiger partial charge in [0.25, 0.3) is 0 Å². The molecule has 2 aliphatic rings. The van der Waals surface area contributed by atoms with Gasteiger partial charge in [-0.15, -0.1) is 0 Å². The largest absolute Gasteiger partial charge is 3.00 e. The van der Waals surface area contributed by atoms with Gasteiger partial charge in [0.2, 0.25) is 0 Å². The Morgan fingerprint density at radius 3 is 0.795 bits per heavy atom. The van der Waals surface area contributed by atoms with Crippen LogP contribution in [0.15, 0.2) is 121 Å². The van der Waals surface area contributed by atoms with E-state index in [-0.39, 0.29) is 34.3 Å². The Morgan fingerprint density at radius 1 is 0.385 bits per heavy atom. The Morgan fingerprint density at radius 2 is 0.590 bits per heavy atom. The molecule has 0 spiro atoms. The summed E-state index contributed by atoms with van der Waals surface area (Å²) in [5, 5.41) is 0. The van der Waals surface area contributed by atoms with Crippen LogP contribution in [0.2, 0.25) is 0 Å². The average Bonchev–Trinajstić information content (AvgIpc) is 3.58. The van der Waals surface area contributed by atoms with Crippen molar-refractivity contribution in [2.75, 3.05) is 12.3 Å². The van der Waals surface area contributed by atoms with Crippen LogP contribution in [0.4, 0.5) is 0 Å². The molecule has 4 aromatic carbocycles. The van der Waals surface area contributed by atoms with Crippen LogP contribution in [-0.4, -0.2) is 12.3 Å². The first-order chi connectivity index (χ1) is 17.9. The molecule has 2 heterocycles. The molecule has 204 valence electrons. The molecule has 2 aliphatic heterocycles. The van der Waals surface area contributed by atoms with Crippen molar-refractivity contribution in [2.45, 2.75) is 48.3 Å². The van der Waals surface area contributed by atoms with E-state index in [0.29, 0.717) is 0 Å². The van der Waals surface area contributed by atoms with E-state index in [1.54, 1.807) is 22.3 Å². The summed E-state index contributed by atoms with van der Waals surface area (Å²) >= 11 is 0. The van der Waals surface area contributed by atoms with Gasteiger partial charge in [-0.25, -0.2) is 0 Å². The second kappa shape index (κ2) is 15.4. The van der Waals surface area contributed by atoms with Gasteiger partial charge in [-0.1, -0.05) is 121 Å². The van der Waals surface area contributed by atoms with Crippen LogP contribution >= 0.6 is 15.8 Å². The van der Waals surface area contributed by atoms with Crippen LogP contribution in [0.25, 0.3) is 0 Å². The maximum atomic E-state index is 2.41. The first-order valence-electron chi connectivity index (χ1n) is 13.8. The molecule has 4 aromatic rings. The molecule has 3 heteroatoms. The van der Waals surface area contributed by atoms with E-state index in [1.165, 1.54) is 38.0 Å². The van der Waals surface area contributed by atoms with Crippen molar-refractivity contribution in [1.82, 2.24) is 0 Å². The van der Waals surface area contributed by atoms with E-state index in [1.807, 2.05) is 0 Å². The van der Waals surface area contributed by atoms with Gasteiger partial charge < -0.3 is 14.9 Å². The maximum absolute atomic E-state index is 2.41. The van der Waals surface area contributed by atoms with Gasteiger partial charge in [0.15, 0.2) is 0 Å². The van der Waals surface area contributed by atoms with Crippen LogP contribution < -0.4 is 0 Å². The summed E-state index contributed by atoms with van der Waals surface area (Å²) in [4.78, 5) is 0. The second-order valence-electron chi connectivity index (χ2n) is 10.7. The zero-order chi connectivity index (χ0) is 24.2. The standard InChI is InChI=1S/C34H36P2.2CH3.Rh/c1-5-13-27(14-6-1)31-21-22-32(28-15-7-2-8-16-28)35(31)25-26-36-33(29-17-9-3-10-18-29)23-24-34(36)30-19-11-4-12-20-30;;;/h1-20,31-34H,21-26H2;2*1H3;/q;2*-1;+3/p+2/t31-,32-,33-,34-;;;/m1.../s1. The normalized spacial score (nSPS) is 22.9. The SMILES string of the molecule is [CH3-].[CH3-].[Rh+3].c1ccc([C@H]2CC[C@H](c3ccccc3)[PH+]2CC[PH+]2[C@@H](c3ccccc3)CC[C@@H]2c2ccccc2)cc1. The molecular weight excluding hydrogens is 597 g/mol. The van der Waals surface area contributed by atoms with Gasteiger partial charge in [-0.2, -0.15) is 0 Å². The first kappa shape index (κ1) is 31.9. The molecule has 0 bridgehead atoms. The van der Waals surface area contributed by atoms with Crippen molar-refractivity contribution < 1.29 is 19.5 Å². The molecule has 0 saturated carbocycles. The summed E-state index contributed by atoms with van der Waals surface area (Å²) in [5.74, 6) is 0. The maximum Gasteiger partial charge on any atom is 3.00 e. The average molecular weight is 642 g/mol. The fourth-order valence-corrected chi connectivity index (χ4v) is 16.5. The van der Waals surface area contributed by atoms with Crippen molar-refractivity contribution in [3.8, 4) is 0 Å².